The van der Waals surface area contributed by atoms with E-state index in [0.29, 0.717) is 12.1 Å². The van der Waals surface area contributed by atoms with Gasteiger partial charge in [0.05, 0.1) is 6.10 Å². The molecule has 1 fully saturated rings. The van der Waals surface area contributed by atoms with Gasteiger partial charge < -0.3 is 10.1 Å². The number of ether oxygens (including phenoxy) is 1. The van der Waals surface area contributed by atoms with Gasteiger partial charge in [-0.3, -0.25) is 0 Å². The van der Waals surface area contributed by atoms with Crippen LogP contribution in [0.25, 0.3) is 0 Å². The third-order valence-electron chi connectivity index (χ3n) is 3.57. The molecule has 0 radical (unpaired) electrons. The molecule has 1 aromatic rings. The lowest BCUT2D eigenvalue weighted by molar-refractivity contribution is 0.302. The van der Waals surface area contributed by atoms with E-state index in [4.69, 9.17) is 4.74 Å². The van der Waals surface area contributed by atoms with E-state index < -0.39 is 0 Å². The van der Waals surface area contributed by atoms with Crippen LogP contribution in [0, 0.1) is 0 Å². The number of rotatable bonds is 9. The first-order chi connectivity index (χ1) is 9.33. The standard InChI is InChI=1S/C17H27NO/c1-3-5-9-17(18-12-4-2)14-7-6-8-16(13-14)19-15-10-11-15/h6-8,13,15,17-18H,3-5,9-12H2,1-2H3. The summed E-state index contributed by atoms with van der Waals surface area (Å²) in [7, 11) is 0. The van der Waals surface area contributed by atoms with Crippen LogP contribution in [-0.4, -0.2) is 12.6 Å². The molecule has 19 heavy (non-hydrogen) atoms. The van der Waals surface area contributed by atoms with Crippen LogP contribution in [0.2, 0.25) is 0 Å². The molecular formula is C17H27NO. The van der Waals surface area contributed by atoms with Gasteiger partial charge in [-0.15, -0.1) is 0 Å². The zero-order chi connectivity index (χ0) is 13.5. The van der Waals surface area contributed by atoms with E-state index in [0.717, 1.165) is 12.3 Å². The van der Waals surface area contributed by atoms with Crippen molar-refractivity contribution in [3.05, 3.63) is 29.8 Å². The van der Waals surface area contributed by atoms with E-state index in [1.54, 1.807) is 0 Å². The summed E-state index contributed by atoms with van der Waals surface area (Å²) in [5.74, 6) is 1.04. The quantitative estimate of drug-likeness (QED) is 0.708. The predicted molar refractivity (Wildman–Crippen MR) is 80.7 cm³/mol. The van der Waals surface area contributed by atoms with Crippen molar-refractivity contribution in [3.63, 3.8) is 0 Å². The monoisotopic (exact) mass is 261 g/mol. The Balaban J connectivity index is 2.00. The summed E-state index contributed by atoms with van der Waals surface area (Å²) >= 11 is 0. The maximum atomic E-state index is 5.90. The molecule has 0 aromatic heterocycles. The second kappa shape index (κ2) is 7.54. The van der Waals surface area contributed by atoms with Crippen molar-refractivity contribution >= 4 is 0 Å². The molecule has 1 saturated carbocycles. The van der Waals surface area contributed by atoms with Crippen LogP contribution in [-0.2, 0) is 0 Å². The number of unbranched alkanes of at least 4 members (excludes halogenated alkanes) is 1. The smallest absolute Gasteiger partial charge is 0.120 e. The van der Waals surface area contributed by atoms with Crippen LogP contribution in [0.4, 0.5) is 0 Å². The highest BCUT2D eigenvalue weighted by Gasteiger charge is 2.23. The van der Waals surface area contributed by atoms with E-state index in [9.17, 15) is 0 Å². The highest BCUT2D eigenvalue weighted by molar-refractivity contribution is 5.31. The fourth-order valence-electron chi connectivity index (χ4n) is 2.30. The van der Waals surface area contributed by atoms with Crippen molar-refractivity contribution < 1.29 is 4.74 Å². The molecule has 0 aliphatic heterocycles. The van der Waals surface area contributed by atoms with E-state index in [2.05, 4.69) is 43.4 Å². The summed E-state index contributed by atoms with van der Waals surface area (Å²) in [5, 5.41) is 3.66. The molecule has 0 bridgehead atoms. The first-order valence-corrected chi connectivity index (χ1v) is 7.83. The number of benzene rings is 1. The van der Waals surface area contributed by atoms with E-state index in [1.807, 2.05) is 0 Å². The molecule has 0 spiro atoms. The Kier molecular flexibility index (Phi) is 5.71. The first kappa shape index (κ1) is 14.4. The summed E-state index contributed by atoms with van der Waals surface area (Å²) in [6.07, 6.45) is 7.84. The highest BCUT2D eigenvalue weighted by atomic mass is 16.5. The Bertz CT molecular complexity index is 365. The lowest BCUT2D eigenvalue weighted by Gasteiger charge is -2.19. The Hall–Kier alpha value is -1.02. The number of hydrogen-bond donors (Lipinski definition) is 1. The largest absolute Gasteiger partial charge is 0.490 e. The van der Waals surface area contributed by atoms with Crippen LogP contribution in [0.3, 0.4) is 0 Å². The molecule has 0 amide bonds. The van der Waals surface area contributed by atoms with Gasteiger partial charge in [0.2, 0.25) is 0 Å². The lowest BCUT2D eigenvalue weighted by Crippen LogP contribution is -2.22. The van der Waals surface area contributed by atoms with Gasteiger partial charge in [-0.2, -0.15) is 0 Å². The average molecular weight is 261 g/mol. The third kappa shape index (κ3) is 4.87. The van der Waals surface area contributed by atoms with Gasteiger partial charge in [-0.05, 0) is 49.9 Å². The molecule has 0 heterocycles. The minimum Gasteiger partial charge on any atom is -0.490 e. The van der Waals surface area contributed by atoms with Crippen LogP contribution >= 0.6 is 0 Å². The molecule has 0 saturated heterocycles. The topological polar surface area (TPSA) is 21.3 Å². The SMILES string of the molecule is CCCCC(NCCC)c1cccc(OC2CC2)c1. The van der Waals surface area contributed by atoms with Gasteiger partial charge in [0.25, 0.3) is 0 Å². The van der Waals surface area contributed by atoms with Crippen LogP contribution in [0.5, 0.6) is 5.75 Å². The van der Waals surface area contributed by atoms with Gasteiger partial charge in [-0.25, -0.2) is 0 Å². The van der Waals surface area contributed by atoms with E-state index in [-0.39, 0.29) is 0 Å². The van der Waals surface area contributed by atoms with Gasteiger partial charge in [0.15, 0.2) is 0 Å². The van der Waals surface area contributed by atoms with E-state index in [1.165, 1.54) is 44.1 Å². The summed E-state index contributed by atoms with van der Waals surface area (Å²) < 4.78 is 5.90. The normalized spacial score (nSPS) is 16.3. The molecule has 2 nitrogen and oxygen atoms in total. The Morgan fingerprint density at radius 2 is 2.11 bits per heavy atom. The van der Waals surface area contributed by atoms with Gasteiger partial charge in [0.1, 0.15) is 5.75 Å². The van der Waals surface area contributed by atoms with Crippen molar-refractivity contribution in [2.24, 2.45) is 0 Å². The van der Waals surface area contributed by atoms with Crippen LogP contribution < -0.4 is 10.1 Å². The number of hydrogen-bond acceptors (Lipinski definition) is 2. The molecule has 1 aromatic carbocycles. The Morgan fingerprint density at radius 1 is 1.26 bits per heavy atom. The molecule has 2 rings (SSSR count). The zero-order valence-corrected chi connectivity index (χ0v) is 12.3. The van der Waals surface area contributed by atoms with Crippen molar-refractivity contribution in [1.82, 2.24) is 5.32 Å². The molecule has 1 atom stereocenters. The minimum absolute atomic E-state index is 0.475. The zero-order valence-electron chi connectivity index (χ0n) is 12.3. The average Bonchev–Trinajstić information content (AvgIpc) is 3.23. The molecule has 106 valence electrons. The fourth-order valence-corrected chi connectivity index (χ4v) is 2.30. The fraction of sp³-hybridized carbons (Fsp3) is 0.647. The van der Waals surface area contributed by atoms with Crippen molar-refractivity contribution in [2.45, 2.75) is 64.5 Å². The second-order valence-corrected chi connectivity index (χ2v) is 5.54. The molecule has 1 N–H and O–H groups in total. The van der Waals surface area contributed by atoms with Gasteiger partial charge in [-0.1, -0.05) is 38.8 Å². The summed E-state index contributed by atoms with van der Waals surface area (Å²) in [4.78, 5) is 0. The second-order valence-electron chi connectivity index (χ2n) is 5.54. The summed E-state index contributed by atoms with van der Waals surface area (Å²) in [5.41, 5.74) is 1.38. The molecular weight excluding hydrogens is 234 g/mol. The third-order valence-corrected chi connectivity index (χ3v) is 3.57. The highest BCUT2D eigenvalue weighted by Crippen LogP contribution is 2.29. The number of nitrogens with one attached hydrogen (secondary N) is 1. The Morgan fingerprint density at radius 3 is 2.79 bits per heavy atom. The van der Waals surface area contributed by atoms with Crippen molar-refractivity contribution in [1.29, 1.82) is 0 Å². The van der Waals surface area contributed by atoms with Crippen molar-refractivity contribution in [2.75, 3.05) is 6.54 Å². The maximum Gasteiger partial charge on any atom is 0.120 e. The first-order valence-electron chi connectivity index (χ1n) is 7.83. The van der Waals surface area contributed by atoms with Crippen LogP contribution in [0.1, 0.15) is 64.0 Å². The molecule has 2 heteroatoms. The summed E-state index contributed by atoms with van der Waals surface area (Å²) in [6, 6.07) is 9.13. The molecule has 1 aliphatic rings. The summed E-state index contributed by atoms with van der Waals surface area (Å²) in [6.45, 7) is 5.56. The minimum atomic E-state index is 0.475. The Labute approximate surface area is 117 Å². The molecule has 1 aliphatic carbocycles. The van der Waals surface area contributed by atoms with Gasteiger partial charge >= 0.3 is 0 Å². The van der Waals surface area contributed by atoms with Crippen LogP contribution in [0.15, 0.2) is 24.3 Å². The van der Waals surface area contributed by atoms with Gasteiger partial charge in [0, 0.05) is 6.04 Å². The maximum absolute atomic E-state index is 5.90. The van der Waals surface area contributed by atoms with Crippen molar-refractivity contribution in [3.8, 4) is 5.75 Å². The lowest BCUT2D eigenvalue weighted by atomic mass is 10.0. The molecule has 1 unspecified atom stereocenters. The predicted octanol–water partition coefficient (Wildman–Crippen LogP) is 4.46. The van der Waals surface area contributed by atoms with E-state index >= 15 is 0 Å².